The molecular weight excluding hydrogens is 350 g/mol. The fourth-order valence-electron chi connectivity index (χ4n) is 2.68. The topological polar surface area (TPSA) is 67.6 Å². The first-order valence-corrected chi connectivity index (χ1v) is 9.05. The SMILES string of the molecule is COc1ccccc1C(CNC(=O)c1csc(-c2ccco2)n1)N(C)C. The lowest BCUT2D eigenvalue weighted by molar-refractivity contribution is 0.0937. The summed E-state index contributed by atoms with van der Waals surface area (Å²) >= 11 is 1.38. The highest BCUT2D eigenvalue weighted by Crippen LogP contribution is 2.28. The molecule has 2 heterocycles. The van der Waals surface area contributed by atoms with Crippen molar-refractivity contribution in [2.75, 3.05) is 27.7 Å². The zero-order valence-corrected chi connectivity index (χ0v) is 15.7. The quantitative estimate of drug-likeness (QED) is 0.689. The summed E-state index contributed by atoms with van der Waals surface area (Å²) in [7, 11) is 5.60. The molecule has 6 nitrogen and oxygen atoms in total. The molecule has 1 unspecified atom stereocenters. The molecule has 0 saturated heterocycles. The second-order valence-corrected chi connectivity index (χ2v) is 6.80. The molecule has 0 bridgehead atoms. The number of hydrogen-bond acceptors (Lipinski definition) is 6. The number of nitrogens with zero attached hydrogens (tertiary/aromatic N) is 2. The molecule has 7 heteroatoms. The van der Waals surface area contributed by atoms with Crippen LogP contribution in [0.2, 0.25) is 0 Å². The molecule has 1 aromatic carbocycles. The van der Waals surface area contributed by atoms with Gasteiger partial charge in [-0.1, -0.05) is 18.2 Å². The van der Waals surface area contributed by atoms with Crippen molar-refractivity contribution in [1.82, 2.24) is 15.2 Å². The molecule has 0 radical (unpaired) electrons. The smallest absolute Gasteiger partial charge is 0.270 e. The van der Waals surface area contributed by atoms with E-state index in [1.165, 1.54) is 11.3 Å². The summed E-state index contributed by atoms with van der Waals surface area (Å²) in [6, 6.07) is 11.4. The van der Waals surface area contributed by atoms with Crippen LogP contribution in [0.3, 0.4) is 0 Å². The van der Waals surface area contributed by atoms with Crippen LogP contribution >= 0.6 is 11.3 Å². The Morgan fingerprint density at radius 1 is 1.31 bits per heavy atom. The van der Waals surface area contributed by atoms with E-state index in [1.54, 1.807) is 24.8 Å². The van der Waals surface area contributed by atoms with Crippen molar-refractivity contribution in [3.05, 3.63) is 59.3 Å². The number of benzene rings is 1. The highest BCUT2D eigenvalue weighted by Gasteiger charge is 2.20. The lowest BCUT2D eigenvalue weighted by Crippen LogP contribution is -2.34. The van der Waals surface area contributed by atoms with Gasteiger partial charge in [0.05, 0.1) is 19.4 Å². The fraction of sp³-hybridized carbons (Fsp3) is 0.263. The van der Waals surface area contributed by atoms with Crippen LogP contribution < -0.4 is 10.1 Å². The number of hydrogen-bond donors (Lipinski definition) is 1. The molecule has 0 aliphatic heterocycles. The minimum Gasteiger partial charge on any atom is -0.496 e. The highest BCUT2D eigenvalue weighted by atomic mass is 32.1. The van der Waals surface area contributed by atoms with E-state index in [9.17, 15) is 4.79 Å². The van der Waals surface area contributed by atoms with E-state index in [-0.39, 0.29) is 11.9 Å². The normalized spacial score (nSPS) is 12.2. The molecule has 1 N–H and O–H groups in total. The van der Waals surface area contributed by atoms with Crippen LogP contribution in [0.4, 0.5) is 0 Å². The lowest BCUT2D eigenvalue weighted by atomic mass is 10.0. The van der Waals surface area contributed by atoms with Crippen molar-refractivity contribution < 1.29 is 13.9 Å². The summed E-state index contributed by atoms with van der Waals surface area (Å²) in [6.45, 7) is 0.444. The third kappa shape index (κ3) is 3.95. The van der Waals surface area contributed by atoms with E-state index < -0.39 is 0 Å². The number of nitrogens with one attached hydrogen (secondary N) is 1. The summed E-state index contributed by atoms with van der Waals surface area (Å²) in [5.74, 6) is 1.25. The Hall–Kier alpha value is -2.64. The van der Waals surface area contributed by atoms with E-state index in [0.717, 1.165) is 11.3 Å². The van der Waals surface area contributed by atoms with Gasteiger partial charge in [0, 0.05) is 17.5 Å². The lowest BCUT2D eigenvalue weighted by Gasteiger charge is -2.26. The second-order valence-electron chi connectivity index (χ2n) is 5.95. The van der Waals surface area contributed by atoms with Crippen LogP contribution in [0, 0.1) is 0 Å². The monoisotopic (exact) mass is 371 g/mol. The van der Waals surface area contributed by atoms with Gasteiger partial charge in [0.15, 0.2) is 10.8 Å². The predicted molar refractivity (Wildman–Crippen MR) is 102 cm³/mol. The molecular formula is C19H21N3O3S. The summed E-state index contributed by atoms with van der Waals surface area (Å²) in [6.07, 6.45) is 1.59. The minimum atomic E-state index is -0.208. The molecule has 3 aromatic rings. The number of methoxy groups -OCH3 is 1. The van der Waals surface area contributed by atoms with Gasteiger partial charge in [-0.15, -0.1) is 11.3 Å². The maximum Gasteiger partial charge on any atom is 0.270 e. The van der Waals surface area contributed by atoms with E-state index in [4.69, 9.17) is 9.15 Å². The first kappa shape index (κ1) is 18.2. The first-order valence-electron chi connectivity index (χ1n) is 8.17. The van der Waals surface area contributed by atoms with Gasteiger partial charge < -0.3 is 19.4 Å². The molecule has 1 atom stereocenters. The van der Waals surface area contributed by atoms with Crippen molar-refractivity contribution in [3.8, 4) is 16.5 Å². The van der Waals surface area contributed by atoms with Crippen LogP contribution in [-0.4, -0.2) is 43.5 Å². The van der Waals surface area contributed by atoms with Gasteiger partial charge in [0.1, 0.15) is 11.4 Å². The van der Waals surface area contributed by atoms with Gasteiger partial charge in [-0.2, -0.15) is 0 Å². The fourth-order valence-corrected chi connectivity index (χ4v) is 3.45. The Morgan fingerprint density at radius 2 is 2.12 bits per heavy atom. The third-order valence-electron chi connectivity index (χ3n) is 4.05. The van der Waals surface area contributed by atoms with Crippen LogP contribution in [0.15, 0.2) is 52.5 Å². The van der Waals surface area contributed by atoms with Crippen molar-refractivity contribution in [1.29, 1.82) is 0 Å². The zero-order chi connectivity index (χ0) is 18.5. The highest BCUT2D eigenvalue weighted by molar-refractivity contribution is 7.13. The number of ether oxygens (including phenoxy) is 1. The van der Waals surface area contributed by atoms with Gasteiger partial charge in [-0.25, -0.2) is 4.98 Å². The number of rotatable bonds is 7. The zero-order valence-electron chi connectivity index (χ0n) is 14.9. The Labute approximate surface area is 156 Å². The summed E-state index contributed by atoms with van der Waals surface area (Å²) in [5.41, 5.74) is 1.41. The maximum absolute atomic E-state index is 12.5. The number of thiazole rings is 1. The van der Waals surface area contributed by atoms with Crippen LogP contribution in [-0.2, 0) is 0 Å². The molecule has 0 aliphatic rings. The Balaban J connectivity index is 1.70. The number of carbonyl (C=O) groups excluding carboxylic acids is 1. The predicted octanol–water partition coefficient (Wildman–Crippen LogP) is 3.44. The molecule has 136 valence electrons. The molecule has 0 fully saturated rings. The molecule has 2 aromatic heterocycles. The summed E-state index contributed by atoms with van der Waals surface area (Å²) in [5, 5.41) is 5.39. The third-order valence-corrected chi connectivity index (χ3v) is 4.90. The maximum atomic E-state index is 12.5. The van der Waals surface area contributed by atoms with Gasteiger partial charge in [0.25, 0.3) is 5.91 Å². The Kier molecular flexibility index (Phi) is 5.70. The van der Waals surface area contributed by atoms with E-state index in [1.807, 2.05) is 49.3 Å². The number of aromatic nitrogens is 1. The Bertz CT molecular complexity index is 859. The molecule has 0 aliphatic carbocycles. The van der Waals surface area contributed by atoms with Crippen LogP contribution in [0.5, 0.6) is 5.75 Å². The van der Waals surface area contributed by atoms with Gasteiger partial charge >= 0.3 is 0 Å². The molecule has 0 saturated carbocycles. The molecule has 1 amide bonds. The average molecular weight is 371 g/mol. The van der Waals surface area contributed by atoms with E-state index in [0.29, 0.717) is 23.0 Å². The number of carbonyl (C=O) groups is 1. The van der Waals surface area contributed by atoms with Crippen LogP contribution in [0.25, 0.3) is 10.8 Å². The first-order chi connectivity index (χ1) is 12.6. The summed E-state index contributed by atoms with van der Waals surface area (Å²) in [4.78, 5) is 18.9. The average Bonchev–Trinajstić information content (AvgIpc) is 3.33. The van der Waals surface area contributed by atoms with Crippen LogP contribution in [0.1, 0.15) is 22.1 Å². The minimum absolute atomic E-state index is 0.0155. The van der Waals surface area contributed by atoms with Crippen molar-refractivity contribution in [2.45, 2.75) is 6.04 Å². The van der Waals surface area contributed by atoms with Gasteiger partial charge in [-0.05, 0) is 32.3 Å². The van der Waals surface area contributed by atoms with Crippen molar-refractivity contribution in [2.24, 2.45) is 0 Å². The molecule has 0 spiro atoms. The Morgan fingerprint density at radius 3 is 2.81 bits per heavy atom. The van der Waals surface area contributed by atoms with E-state index in [2.05, 4.69) is 10.3 Å². The summed E-state index contributed by atoms with van der Waals surface area (Å²) < 4.78 is 10.8. The number of likely N-dealkylation sites (N-methyl/N-ethyl adjacent to an activating group) is 1. The molecule has 3 rings (SSSR count). The molecule has 26 heavy (non-hydrogen) atoms. The second kappa shape index (κ2) is 8.16. The van der Waals surface area contributed by atoms with Gasteiger partial charge in [0.2, 0.25) is 0 Å². The van der Waals surface area contributed by atoms with Gasteiger partial charge in [-0.3, -0.25) is 4.79 Å². The standard InChI is InChI=1S/C19H21N3O3S/c1-22(2)15(13-7-4-5-8-16(13)24-3)11-20-18(23)14-12-26-19(21-14)17-9-6-10-25-17/h4-10,12,15H,11H2,1-3H3,(H,20,23). The number of amides is 1. The van der Waals surface area contributed by atoms with Crippen molar-refractivity contribution >= 4 is 17.2 Å². The van der Waals surface area contributed by atoms with E-state index >= 15 is 0 Å². The van der Waals surface area contributed by atoms with Crippen molar-refractivity contribution in [3.63, 3.8) is 0 Å². The number of furan rings is 1. The largest absolute Gasteiger partial charge is 0.496 e. The number of para-hydroxylation sites is 1.